The molecule has 0 aromatic carbocycles. The van der Waals surface area contributed by atoms with Crippen LogP contribution in [-0.2, 0) is 9.59 Å². The van der Waals surface area contributed by atoms with E-state index in [-0.39, 0.29) is 11.8 Å². The van der Waals surface area contributed by atoms with E-state index >= 15 is 0 Å². The molecule has 0 bridgehead atoms. The molecule has 1 rings (SSSR count). The second kappa shape index (κ2) is 5.57. The predicted octanol–water partition coefficient (Wildman–Crippen LogP) is 1.31. The van der Waals surface area contributed by atoms with Gasteiger partial charge in [0, 0.05) is 13.1 Å². The molecule has 1 aliphatic heterocycles. The zero-order valence-corrected chi connectivity index (χ0v) is 10.8. The minimum absolute atomic E-state index is 0.0606. The average molecular weight is 245 g/mol. The van der Waals surface area contributed by atoms with Crippen LogP contribution in [-0.4, -0.2) is 46.0 Å². The summed E-state index contributed by atoms with van der Waals surface area (Å²) in [5.74, 6) is -0.608. The molecular weight excluding hydrogens is 226 g/mol. The van der Waals surface area contributed by atoms with Crippen LogP contribution in [0, 0.1) is 11.8 Å². The van der Waals surface area contributed by atoms with E-state index in [1.54, 1.807) is 16.7 Å². The Labute approximate surface area is 100 Å². The van der Waals surface area contributed by atoms with Gasteiger partial charge in [0.15, 0.2) is 0 Å². The quantitative estimate of drug-likeness (QED) is 0.811. The van der Waals surface area contributed by atoms with Gasteiger partial charge in [0.1, 0.15) is 0 Å². The standard InChI is InChI=1S/C11H19NO3S/c1-7(2)16-6-10(13)12-4-8(3)9(5-12)11(14)15/h7-9H,4-6H2,1-3H3,(H,14,15)/t8-,9-/m1/s1. The van der Waals surface area contributed by atoms with Gasteiger partial charge in [-0.15, -0.1) is 11.8 Å². The number of rotatable bonds is 4. The van der Waals surface area contributed by atoms with Crippen molar-refractivity contribution >= 4 is 23.6 Å². The van der Waals surface area contributed by atoms with Crippen LogP contribution in [0.2, 0.25) is 0 Å². The Bertz CT molecular complexity index is 280. The first-order chi connectivity index (χ1) is 7.41. The smallest absolute Gasteiger partial charge is 0.308 e. The summed E-state index contributed by atoms with van der Waals surface area (Å²) in [6, 6.07) is 0. The molecule has 1 aliphatic rings. The Morgan fingerprint density at radius 3 is 2.50 bits per heavy atom. The molecule has 0 saturated carbocycles. The lowest BCUT2D eigenvalue weighted by molar-refractivity contribution is -0.142. The molecule has 1 amide bonds. The van der Waals surface area contributed by atoms with Gasteiger partial charge in [-0.2, -0.15) is 0 Å². The van der Waals surface area contributed by atoms with Gasteiger partial charge in [-0.3, -0.25) is 9.59 Å². The maximum Gasteiger partial charge on any atom is 0.308 e. The van der Waals surface area contributed by atoms with E-state index in [2.05, 4.69) is 0 Å². The number of hydrogen-bond donors (Lipinski definition) is 1. The summed E-state index contributed by atoms with van der Waals surface area (Å²) in [5, 5.41) is 9.39. The zero-order chi connectivity index (χ0) is 12.3. The zero-order valence-electron chi connectivity index (χ0n) is 9.97. The van der Waals surface area contributed by atoms with Crippen molar-refractivity contribution in [2.45, 2.75) is 26.0 Å². The number of hydrogen-bond acceptors (Lipinski definition) is 3. The molecule has 1 N–H and O–H groups in total. The highest BCUT2D eigenvalue weighted by atomic mass is 32.2. The predicted molar refractivity (Wildman–Crippen MR) is 64.5 cm³/mol. The molecule has 4 nitrogen and oxygen atoms in total. The van der Waals surface area contributed by atoms with Crippen molar-refractivity contribution in [2.24, 2.45) is 11.8 Å². The number of carboxylic acids is 1. The molecule has 92 valence electrons. The van der Waals surface area contributed by atoms with Gasteiger partial charge >= 0.3 is 5.97 Å². The van der Waals surface area contributed by atoms with Crippen molar-refractivity contribution in [1.29, 1.82) is 0 Å². The second-order valence-electron chi connectivity index (χ2n) is 4.58. The highest BCUT2D eigenvalue weighted by molar-refractivity contribution is 8.00. The Hall–Kier alpha value is -0.710. The fourth-order valence-electron chi connectivity index (χ4n) is 1.82. The molecule has 2 atom stereocenters. The third kappa shape index (κ3) is 3.40. The van der Waals surface area contributed by atoms with Crippen LogP contribution >= 0.6 is 11.8 Å². The molecule has 0 spiro atoms. The highest BCUT2D eigenvalue weighted by Gasteiger charge is 2.36. The van der Waals surface area contributed by atoms with Crippen LogP contribution in [0.5, 0.6) is 0 Å². The molecule has 1 saturated heterocycles. The van der Waals surface area contributed by atoms with Crippen molar-refractivity contribution < 1.29 is 14.7 Å². The number of likely N-dealkylation sites (tertiary alicyclic amines) is 1. The molecule has 0 radical (unpaired) electrons. The van der Waals surface area contributed by atoms with Crippen LogP contribution in [0.15, 0.2) is 0 Å². The maximum absolute atomic E-state index is 11.8. The van der Waals surface area contributed by atoms with Gasteiger partial charge < -0.3 is 10.0 Å². The maximum atomic E-state index is 11.8. The van der Waals surface area contributed by atoms with Gasteiger partial charge in [0.05, 0.1) is 11.7 Å². The second-order valence-corrected chi connectivity index (χ2v) is 6.15. The molecular formula is C11H19NO3S. The van der Waals surface area contributed by atoms with E-state index in [0.717, 1.165) is 0 Å². The summed E-state index contributed by atoms with van der Waals surface area (Å²) in [6.45, 7) is 6.93. The lowest BCUT2D eigenvalue weighted by Gasteiger charge is -2.16. The van der Waals surface area contributed by atoms with Crippen LogP contribution in [0.25, 0.3) is 0 Å². The van der Waals surface area contributed by atoms with E-state index in [4.69, 9.17) is 5.11 Å². The van der Waals surface area contributed by atoms with Crippen LogP contribution in [0.3, 0.4) is 0 Å². The lowest BCUT2D eigenvalue weighted by atomic mass is 9.99. The molecule has 1 fully saturated rings. The number of carboxylic acid groups (broad SMARTS) is 1. The van der Waals surface area contributed by atoms with Crippen molar-refractivity contribution in [2.75, 3.05) is 18.8 Å². The molecule has 16 heavy (non-hydrogen) atoms. The highest BCUT2D eigenvalue weighted by Crippen LogP contribution is 2.24. The number of carbonyl (C=O) groups excluding carboxylic acids is 1. The molecule has 5 heteroatoms. The van der Waals surface area contributed by atoms with E-state index in [9.17, 15) is 9.59 Å². The SMILES string of the molecule is CC(C)SCC(=O)N1C[C@@H](C)[C@H](C(=O)O)C1. The summed E-state index contributed by atoms with van der Waals surface area (Å²) < 4.78 is 0. The van der Waals surface area contributed by atoms with E-state index < -0.39 is 11.9 Å². The molecule has 0 aliphatic carbocycles. The number of aliphatic carboxylic acids is 1. The summed E-state index contributed by atoms with van der Waals surface area (Å²) in [4.78, 5) is 24.4. The summed E-state index contributed by atoms with van der Waals surface area (Å²) in [6.07, 6.45) is 0. The van der Waals surface area contributed by atoms with Gasteiger partial charge in [-0.25, -0.2) is 0 Å². The number of carbonyl (C=O) groups is 2. The summed E-state index contributed by atoms with van der Waals surface area (Å²) in [5.41, 5.74) is 0. The molecule has 0 aromatic rings. The minimum Gasteiger partial charge on any atom is -0.481 e. The average Bonchev–Trinajstić information content (AvgIpc) is 2.56. The monoisotopic (exact) mass is 245 g/mol. The summed E-state index contributed by atoms with van der Waals surface area (Å²) >= 11 is 1.60. The number of amides is 1. The minimum atomic E-state index is -0.792. The third-order valence-electron chi connectivity index (χ3n) is 2.82. The van der Waals surface area contributed by atoms with Gasteiger partial charge in [-0.05, 0) is 11.2 Å². The molecule has 1 heterocycles. The van der Waals surface area contributed by atoms with Gasteiger partial charge in [-0.1, -0.05) is 20.8 Å². The molecule has 0 unspecified atom stereocenters. The van der Waals surface area contributed by atoms with Gasteiger partial charge in [0.2, 0.25) is 5.91 Å². The van der Waals surface area contributed by atoms with Crippen molar-refractivity contribution in [3.8, 4) is 0 Å². The van der Waals surface area contributed by atoms with E-state index in [1.165, 1.54) is 0 Å². The lowest BCUT2D eigenvalue weighted by Crippen LogP contribution is -2.31. The number of nitrogens with zero attached hydrogens (tertiary/aromatic N) is 1. The summed E-state index contributed by atoms with van der Waals surface area (Å²) in [7, 11) is 0. The largest absolute Gasteiger partial charge is 0.481 e. The Balaban J connectivity index is 2.45. The van der Waals surface area contributed by atoms with Crippen LogP contribution < -0.4 is 0 Å². The van der Waals surface area contributed by atoms with Crippen molar-refractivity contribution in [3.63, 3.8) is 0 Å². The number of thioether (sulfide) groups is 1. The van der Waals surface area contributed by atoms with E-state index in [0.29, 0.717) is 24.1 Å². The fraction of sp³-hybridized carbons (Fsp3) is 0.818. The van der Waals surface area contributed by atoms with Crippen LogP contribution in [0.1, 0.15) is 20.8 Å². The Kier molecular flexibility index (Phi) is 4.65. The van der Waals surface area contributed by atoms with Crippen molar-refractivity contribution in [1.82, 2.24) is 4.90 Å². The first-order valence-electron chi connectivity index (χ1n) is 5.54. The van der Waals surface area contributed by atoms with Crippen molar-refractivity contribution in [3.05, 3.63) is 0 Å². The fourth-order valence-corrected chi connectivity index (χ4v) is 2.48. The molecule has 0 aromatic heterocycles. The Morgan fingerprint density at radius 2 is 2.06 bits per heavy atom. The first kappa shape index (κ1) is 13.4. The van der Waals surface area contributed by atoms with Crippen LogP contribution in [0.4, 0.5) is 0 Å². The van der Waals surface area contributed by atoms with E-state index in [1.807, 2.05) is 20.8 Å². The Morgan fingerprint density at radius 1 is 1.44 bits per heavy atom. The first-order valence-corrected chi connectivity index (χ1v) is 6.59. The third-order valence-corrected chi connectivity index (χ3v) is 3.90. The topological polar surface area (TPSA) is 57.6 Å². The normalized spacial score (nSPS) is 25.1. The van der Waals surface area contributed by atoms with Gasteiger partial charge in [0.25, 0.3) is 0 Å².